The van der Waals surface area contributed by atoms with Crippen LogP contribution in [0.25, 0.3) is 0 Å². The predicted octanol–water partition coefficient (Wildman–Crippen LogP) is 5.23. The fourth-order valence-electron chi connectivity index (χ4n) is 3.27. The summed E-state index contributed by atoms with van der Waals surface area (Å²) in [5.41, 5.74) is 3.30. The predicted molar refractivity (Wildman–Crippen MR) is 115 cm³/mol. The third-order valence-electron chi connectivity index (χ3n) is 4.73. The summed E-state index contributed by atoms with van der Waals surface area (Å²) in [4.78, 5) is 17.5. The number of pyridine rings is 1. The lowest BCUT2D eigenvalue weighted by molar-refractivity contribution is 0.0370. The molecule has 0 aliphatic carbocycles. The maximum atomic E-state index is 13.1. The van der Waals surface area contributed by atoms with Gasteiger partial charge in [-0.25, -0.2) is 9.48 Å². The Bertz CT molecular complexity index is 1090. The average Bonchev–Trinajstić information content (AvgIpc) is 3.06. The molecule has 2 heterocycles. The van der Waals surface area contributed by atoms with E-state index in [1.165, 1.54) is 0 Å². The van der Waals surface area contributed by atoms with E-state index < -0.39 is 12.1 Å². The monoisotopic (exact) mass is 417 g/mol. The molecule has 1 atom stereocenters. The first kappa shape index (κ1) is 19.9. The van der Waals surface area contributed by atoms with Crippen LogP contribution < -0.4 is 0 Å². The molecule has 5 nitrogen and oxygen atoms in total. The van der Waals surface area contributed by atoms with Gasteiger partial charge in [0, 0.05) is 6.20 Å². The second-order valence-electron chi connectivity index (χ2n) is 6.85. The summed E-state index contributed by atoms with van der Waals surface area (Å²) in [5.74, 6) is -0.531. The van der Waals surface area contributed by atoms with Gasteiger partial charge in [-0.2, -0.15) is 5.10 Å². The van der Waals surface area contributed by atoms with Crippen LogP contribution in [0.1, 0.15) is 39.0 Å². The molecular weight excluding hydrogens is 398 g/mol. The largest absolute Gasteiger partial charge is 0.447 e. The first-order valence-corrected chi connectivity index (χ1v) is 9.95. The Labute approximate surface area is 179 Å². The summed E-state index contributed by atoms with van der Waals surface area (Å²) in [6.07, 6.45) is 1.03. The van der Waals surface area contributed by atoms with Gasteiger partial charge in [0.1, 0.15) is 10.7 Å². The highest BCUT2D eigenvalue weighted by atomic mass is 35.5. The molecule has 2 aromatic carbocycles. The van der Waals surface area contributed by atoms with Gasteiger partial charge in [0.2, 0.25) is 0 Å². The van der Waals surface area contributed by atoms with E-state index in [-0.39, 0.29) is 10.7 Å². The van der Waals surface area contributed by atoms with E-state index in [2.05, 4.69) is 10.1 Å². The molecule has 0 N–H and O–H groups in total. The number of aryl methyl sites for hydroxylation is 1. The molecule has 0 saturated heterocycles. The zero-order valence-electron chi connectivity index (χ0n) is 16.4. The first-order chi connectivity index (χ1) is 14.6. The minimum Gasteiger partial charge on any atom is -0.447 e. The summed E-state index contributed by atoms with van der Waals surface area (Å²) in [7, 11) is 0. The Morgan fingerprint density at radius 2 is 1.67 bits per heavy atom. The number of hydrogen-bond donors (Lipinski definition) is 0. The lowest BCUT2D eigenvalue weighted by atomic mass is 10.1. The molecule has 1 unspecified atom stereocenters. The van der Waals surface area contributed by atoms with Gasteiger partial charge in [-0.1, -0.05) is 78.3 Å². The molecule has 0 fully saturated rings. The molecule has 4 aromatic rings. The Balaban J connectivity index is 1.63. The molecule has 6 heteroatoms. The quantitative estimate of drug-likeness (QED) is 0.403. The summed E-state index contributed by atoms with van der Waals surface area (Å²) >= 11 is 6.53. The van der Waals surface area contributed by atoms with Gasteiger partial charge in [0.05, 0.1) is 17.9 Å². The Hall–Kier alpha value is -3.44. The van der Waals surface area contributed by atoms with Crippen molar-refractivity contribution in [1.82, 2.24) is 14.8 Å². The fourth-order valence-corrected chi connectivity index (χ4v) is 3.58. The number of aromatic nitrogens is 3. The molecule has 0 spiro atoms. The van der Waals surface area contributed by atoms with Crippen LogP contribution in [0.5, 0.6) is 0 Å². The Kier molecular flexibility index (Phi) is 5.91. The molecule has 4 rings (SSSR count). The minimum absolute atomic E-state index is 0.259. The number of hydrogen-bond acceptors (Lipinski definition) is 4. The summed E-state index contributed by atoms with van der Waals surface area (Å²) in [6, 6.07) is 24.8. The van der Waals surface area contributed by atoms with Crippen molar-refractivity contribution in [2.45, 2.75) is 19.6 Å². The Morgan fingerprint density at radius 3 is 2.33 bits per heavy atom. The standard InChI is InChI=1S/C24H20ClN3O2/c1-17-21(23(25)28(27-17)16-18-10-4-2-5-11-18)24(29)30-22(19-12-6-3-7-13-19)20-14-8-9-15-26-20/h2-15,22H,16H2,1H3. The first-order valence-electron chi connectivity index (χ1n) is 9.57. The van der Waals surface area contributed by atoms with E-state index in [9.17, 15) is 4.79 Å². The maximum Gasteiger partial charge on any atom is 0.344 e. The van der Waals surface area contributed by atoms with Crippen LogP contribution in [0.4, 0.5) is 0 Å². The summed E-state index contributed by atoms with van der Waals surface area (Å²) in [6.45, 7) is 2.22. The number of nitrogens with zero attached hydrogens (tertiary/aromatic N) is 3. The van der Waals surface area contributed by atoms with Crippen molar-refractivity contribution in [2.24, 2.45) is 0 Å². The minimum atomic E-state index is -0.646. The van der Waals surface area contributed by atoms with Crippen molar-refractivity contribution in [3.8, 4) is 0 Å². The van der Waals surface area contributed by atoms with Crippen molar-refractivity contribution in [3.63, 3.8) is 0 Å². The second-order valence-corrected chi connectivity index (χ2v) is 7.20. The van der Waals surface area contributed by atoms with Crippen molar-refractivity contribution < 1.29 is 9.53 Å². The molecular formula is C24H20ClN3O2. The summed E-state index contributed by atoms with van der Waals surface area (Å²) in [5, 5.41) is 4.71. The highest BCUT2D eigenvalue weighted by Crippen LogP contribution is 2.28. The lowest BCUT2D eigenvalue weighted by Gasteiger charge is -2.18. The zero-order chi connectivity index (χ0) is 20.9. The van der Waals surface area contributed by atoms with E-state index in [4.69, 9.17) is 16.3 Å². The van der Waals surface area contributed by atoms with Crippen LogP contribution in [0.2, 0.25) is 5.15 Å². The number of ether oxygens (including phenoxy) is 1. The van der Waals surface area contributed by atoms with Gasteiger partial charge in [0.15, 0.2) is 6.10 Å². The number of carbonyl (C=O) groups excluding carboxylic acids is 1. The third-order valence-corrected chi connectivity index (χ3v) is 5.11. The van der Waals surface area contributed by atoms with Gasteiger partial charge in [0.25, 0.3) is 0 Å². The number of rotatable bonds is 6. The van der Waals surface area contributed by atoms with Crippen molar-refractivity contribution in [2.75, 3.05) is 0 Å². The zero-order valence-corrected chi connectivity index (χ0v) is 17.2. The van der Waals surface area contributed by atoms with E-state index in [1.807, 2.05) is 78.9 Å². The van der Waals surface area contributed by atoms with E-state index in [1.54, 1.807) is 17.8 Å². The Morgan fingerprint density at radius 1 is 1.00 bits per heavy atom. The van der Waals surface area contributed by atoms with Crippen LogP contribution in [-0.4, -0.2) is 20.7 Å². The van der Waals surface area contributed by atoms with Crippen LogP contribution >= 0.6 is 11.6 Å². The maximum absolute atomic E-state index is 13.1. The van der Waals surface area contributed by atoms with Crippen LogP contribution in [-0.2, 0) is 11.3 Å². The number of esters is 1. The van der Waals surface area contributed by atoms with Gasteiger partial charge in [-0.05, 0) is 30.2 Å². The average molecular weight is 418 g/mol. The molecule has 0 amide bonds. The lowest BCUT2D eigenvalue weighted by Crippen LogP contribution is -2.15. The third kappa shape index (κ3) is 4.26. The smallest absolute Gasteiger partial charge is 0.344 e. The van der Waals surface area contributed by atoms with Gasteiger partial charge >= 0.3 is 5.97 Å². The van der Waals surface area contributed by atoms with Gasteiger partial charge < -0.3 is 4.74 Å². The van der Waals surface area contributed by atoms with E-state index in [0.717, 1.165) is 11.1 Å². The molecule has 0 radical (unpaired) electrons. The molecule has 0 saturated carbocycles. The molecule has 0 aliphatic rings. The number of carbonyl (C=O) groups is 1. The van der Waals surface area contributed by atoms with E-state index >= 15 is 0 Å². The van der Waals surface area contributed by atoms with Crippen molar-refractivity contribution >= 4 is 17.6 Å². The summed E-state index contributed by atoms with van der Waals surface area (Å²) < 4.78 is 7.51. The fraction of sp³-hybridized carbons (Fsp3) is 0.125. The van der Waals surface area contributed by atoms with E-state index in [0.29, 0.717) is 17.9 Å². The molecule has 0 bridgehead atoms. The van der Waals surface area contributed by atoms with Crippen LogP contribution in [0, 0.1) is 6.92 Å². The normalized spacial score (nSPS) is 11.8. The van der Waals surface area contributed by atoms with Crippen molar-refractivity contribution in [3.05, 3.63) is 118 Å². The van der Waals surface area contributed by atoms with Gasteiger partial charge in [-0.3, -0.25) is 4.98 Å². The number of halogens is 1. The van der Waals surface area contributed by atoms with Gasteiger partial charge in [-0.15, -0.1) is 0 Å². The highest BCUT2D eigenvalue weighted by Gasteiger charge is 2.26. The molecule has 2 aromatic heterocycles. The SMILES string of the molecule is Cc1nn(Cc2ccccc2)c(Cl)c1C(=O)OC(c1ccccc1)c1ccccn1. The molecule has 30 heavy (non-hydrogen) atoms. The molecule has 0 aliphatic heterocycles. The number of benzene rings is 2. The topological polar surface area (TPSA) is 57.0 Å². The van der Waals surface area contributed by atoms with Crippen LogP contribution in [0.3, 0.4) is 0 Å². The second kappa shape index (κ2) is 8.93. The highest BCUT2D eigenvalue weighted by molar-refractivity contribution is 6.32. The van der Waals surface area contributed by atoms with Crippen molar-refractivity contribution in [1.29, 1.82) is 0 Å². The van der Waals surface area contributed by atoms with Crippen LogP contribution in [0.15, 0.2) is 85.1 Å². The molecule has 150 valence electrons.